The van der Waals surface area contributed by atoms with E-state index in [1.807, 2.05) is 0 Å². The molecule has 0 aliphatic heterocycles. The molecule has 0 aliphatic rings. The monoisotopic (exact) mass is 255 g/mol. The van der Waals surface area contributed by atoms with Gasteiger partial charge in [-0.25, -0.2) is 4.79 Å². The number of nitrogens with zero attached hydrogens (tertiary/aromatic N) is 1. The second kappa shape index (κ2) is 3.18. The zero-order valence-electron chi connectivity index (χ0n) is 4.52. The third-order valence-electron chi connectivity index (χ3n) is 0.582. The highest BCUT2D eigenvalue weighted by molar-refractivity contribution is 9.26. The van der Waals surface area contributed by atoms with Gasteiger partial charge in [-0.1, -0.05) is 0 Å². The van der Waals surface area contributed by atoms with Crippen molar-refractivity contribution in [2.45, 2.75) is 3.23 Å². The Hall–Kier alpha value is -0.0800. The van der Waals surface area contributed by atoms with Crippen molar-refractivity contribution < 1.29 is 9.53 Å². The first-order chi connectivity index (χ1) is 4.04. The minimum absolute atomic E-state index is 0.662. The first kappa shape index (κ1) is 8.92. The lowest BCUT2D eigenvalue weighted by molar-refractivity contribution is -0.139. The van der Waals surface area contributed by atoms with Crippen LogP contribution in [0.1, 0.15) is 0 Å². The second-order valence-electron chi connectivity index (χ2n) is 1.18. The van der Waals surface area contributed by atoms with Gasteiger partial charge in [0.2, 0.25) is 0 Å². The summed E-state index contributed by atoms with van der Waals surface area (Å²) in [5.41, 5.74) is 0. The molecule has 0 atom stereocenters. The molecule has 5 heteroatoms. The average molecular weight is 257 g/mol. The van der Waals surface area contributed by atoms with Crippen LogP contribution in [0.2, 0.25) is 0 Å². The van der Waals surface area contributed by atoms with Gasteiger partial charge in [0.05, 0.1) is 7.11 Å². The molecule has 0 spiro atoms. The highest BCUT2D eigenvalue weighted by atomic mass is 79.9. The first-order valence-electron chi connectivity index (χ1n) is 1.92. The number of alkyl halides is 2. The SMILES string of the molecule is COC(=O)C(Br)(Br)C#N. The summed E-state index contributed by atoms with van der Waals surface area (Å²) in [4.78, 5) is 10.5. The van der Waals surface area contributed by atoms with E-state index in [1.54, 1.807) is 6.07 Å². The Morgan fingerprint density at radius 1 is 1.78 bits per heavy atom. The number of hydrogen-bond acceptors (Lipinski definition) is 3. The minimum atomic E-state index is -1.38. The van der Waals surface area contributed by atoms with E-state index in [1.165, 1.54) is 7.11 Å². The van der Waals surface area contributed by atoms with E-state index in [-0.39, 0.29) is 0 Å². The smallest absolute Gasteiger partial charge is 0.348 e. The number of carbonyl (C=O) groups is 1. The summed E-state index contributed by atoms with van der Waals surface area (Å²) < 4.78 is 2.87. The summed E-state index contributed by atoms with van der Waals surface area (Å²) in [6.45, 7) is 0. The Kier molecular flexibility index (Phi) is 3.15. The van der Waals surface area contributed by atoms with Crippen molar-refractivity contribution in [2.75, 3.05) is 7.11 Å². The molecule has 0 saturated heterocycles. The normalized spacial score (nSPS) is 10.0. The Balaban J connectivity index is 4.19. The zero-order valence-corrected chi connectivity index (χ0v) is 7.69. The number of hydrogen-bond donors (Lipinski definition) is 0. The maximum absolute atomic E-state index is 10.5. The maximum atomic E-state index is 10.5. The fraction of sp³-hybridized carbons (Fsp3) is 0.500. The van der Waals surface area contributed by atoms with Crippen LogP contribution in [-0.4, -0.2) is 16.3 Å². The summed E-state index contributed by atoms with van der Waals surface area (Å²) in [6, 6.07) is 1.65. The number of ether oxygens (including phenoxy) is 1. The molecule has 0 saturated carbocycles. The van der Waals surface area contributed by atoms with Crippen molar-refractivity contribution in [2.24, 2.45) is 0 Å². The lowest BCUT2D eigenvalue weighted by Crippen LogP contribution is -2.23. The van der Waals surface area contributed by atoms with Gasteiger partial charge in [-0.2, -0.15) is 5.26 Å². The minimum Gasteiger partial charge on any atom is -0.467 e. The summed E-state index contributed by atoms with van der Waals surface area (Å²) in [7, 11) is 1.21. The molecule has 50 valence electrons. The van der Waals surface area contributed by atoms with Crippen LogP contribution in [0.4, 0.5) is 0 Å². The zero-order chi connectivity index (χ0) is 7.49. The van der Waals surface area contributed by atoms with Crippen LogP contribution in [0.3, 0.4) is 0 Å². The van der Waals surface area contributed by atoms with Crippen LogP contribution in [0.25, 0.3) is 0 Å². The van der Waals surface area contributed by atoms with Gasteiger partial charge < -0.3 is 4.74 Å². The predicted octanol–water partition coefficient (Wildman–Crippen LogP) is 1.17. The maximum Gasteiger partial charge on any atom is 0.348 e. The Morgan fingerprint density at radius 2 is 2.22 bits per heavy atom. The van der Waals surface area contributed by atoms with E-state index in [4.69, 9.17) is 5.26 Å². The standard InChI is InChI=1S/C4H3Br2NO2/c1-9-3(8)4(5,6)2-7/h1H3. The van der Waals surface area contributed by atoms with Gasteiger partial charge in [0.15, 0.2) is 0 Å². The van der Waals surface area contributed by atoms with Crippen molar-refractivity contribution >= 4 is 37.8 Å². The average Bonchev–Trinajstić information content (AvgIpc) is 1.86. The van der Waals surface area contributed by atoms with Crippen LogP contribution >= 0.6 is 31.9 Å². The molecule has 0 rings (SSSR count). The highest BCUT2D eigenvalue weighted by Gasteiger charge is 2.33. The highest BCUT2D eigenvalue weighted by Crippen LogP contribution is 2.25. The molecule has 9 heavy (non-hydrogen) atoms. The second-order valence-corrected chi connectivity index (χ2v) is 4.62. The van der Waals surface area contributed by atoms with Crippen molar-refractivity contribution in [3.8, 4) is 6.07 Å². The number of carbonyl (C=O) groups excluding carboxylic acids is 1. The van der Waals surface area contributed by atoms with Gasteiger partial charge >= 0.3 is 5.97 Å². The summed E-state index contributed by atoms with van der Waals surface area (Å²) in [5.74, 6) is -0.662. The fourth-order valence-corrected chi connectivity index (χ4v) is 0.498. The number of nitriles is 1. The molecule has 0 fully saturated rings. The molecule has 0 aromatic heterocycles. The Bertz CT molecular complexity index is 160. The van der Waals surface area contributed by atoms with E-state index in [0.29, 0.717) is 0 Å². The van der Waals surface area contributed by atoms with E-state index in [0.717, 1.165) is 0 Å². The third-order valence-corrected chi connectivity index (χ3v) is 1.58. The number of esters is 1. The molecule has 0 aliphatic carbocycles. The molecule has 0 radical (unpaired) electrons. The third kappa shape index (κ3) is 2.33. The van der Waals surface area contributed by atoms with Gasteiger partial charge in [0, 0.05) is 0 Å². The van der Waals surface area contributed by atoms with Crippen LogP contribution in [0.5, 0.6) is 0 Å². The topological polar surface area (TPSA) is 50.1 Å². The van der Waals surface area contributed by atoms with Crippen LogP contribution in [-0.2, 0) is 9.53 Å². The van der Waals surface area contributed by atoms with Gasteiger partial charge in [-0.3, -0.25) is 0 Å². The van der Waals surface area contributed by atoms with Gasteiger partial charge in [-0.05, 0) is 31.9 Å². The molecule has 0 N–H and O–H groups in total. The molecule has 0 heterocycles. The van der Waals surface area contributed by atoms with Crippen LogP contribution in [0, 0.1) is 11.3 Å². The molecule has 0 unspecified atom stereocenters. The van der Waals surface area contributed by atoms with Crippen LogP contribution in [0.15, 0.2) is 0 Å². The van der Waals surface area contributed by atoms with Crippen molar-refractivity contribution in [3.05, 3.63) is 0 Å². The van der Waals surface area contributed by atoms with Gasteiger partial charge in [0.1, 0.15) is 6.07 Å². The van der Waals surface area contributed by atoms with E-state index < -0.39 is 9.20 Å². The lowest BCUT2D eigenvalue weighted by atomic mass is 10.5. The Labute approximate surface area is 69.2 Å². The summed E-state index contributed by atoms with van der Waals surface area (Å²) in [6.07, 6.45) is 0. The largest absolute Gasteiger partial charge is 0.467 e. The summed E-state index contributed by atoms with van der Waals surface area (Å²) in [5, 5.41) is 8.25. The molecule has 0 aromatic rings. The number of rotatable bonds is 1. The molecule has 0 amide bonds. The summed E-state index contributed by atoms with van der Waals surface area (Å²) >= 11 is 5.58. The number of methoxy groups -OCH3 is 1. The molecule has 0 aromatic carbocycles. The Morgan fingerprint density at radius 3 is 2.33 bits per heavy atom. The predicted molar refractivity (Wildman–Crippen MR) is 38.2 cm³/mol. The lowest BCUT2D eigenvalue weighted by Gasteiger charge is -2.05. The number of halogens is 2. The van der Waals surface area contributed by atoms with Crippen molar-refractivity contribution in [1.29, 1.82) is 5.26 Å². The quantitative estimate of drug-likeness (QED) is 0.523. The van der Waals surface area contributed by atoms with E-state index in [9.17, 15) is 4.79 Å². The van der Waals surface area contributed by atoms with Crippen LogP contribution < -0.4 is 0 Å². The fourth-order valence-electron chi connectivity index (χ4n) is 0.174. The molecule has 3 nitrogen and oxygen atoms in total. The van der Waals surface area contributed by atoms with Crippen molar-refractivity contribution in [3.63, 3.8) is 0 Å². The van der Waals surface area contributed by atoms with E-state index in [2.05, 4.69) is 36.6 Å². The first-order valence-corrected chi connectivity index (χ1v) is 3.50. The molecule has 0 bridgehead atoms. The molecular formula is C4H3Br2NO2. The van der Waals surface area contributed by atoms with Gasteiger partial charge in [0.25, 0.3) is 3.23 Å². The molecular weight excluding hydrogens is 254 g/mol. The van der Waals surface area contributed by atoms with Gasteiger partial charge in [-0.15, -0.1) is 0 Å². The van der Waals surface area contributed by atoms with Crippen molar-refractivity contribution in [1.82, 2.24) is 0 Å². The van der Waals surface area contributed by atoms with E-state index >= 15 is 0 Å².